The normalized spacial score (nSPS) is 21.8. The number of nitrogens with one attached hydrogen (secondary N) is 1. The molecule has 0 bridgehead atoms. The van der Waals surface area contributed by atoms with E-state index in [0.717, 1.165) is 52.5 Å². The maximum absolute atomic E-state index is 14.9. The molecular weight excluding hydrogens is 650 g/mol. The Bertz CT molecular complexity index is 1910. The number of benzene rings is 2. The maximum atomic E-state index is 14.9. The Morgan fingerprint density at radius 3 is 2.37 bits per heavy atom. The maximum Gasteiger partial charge on any atom is 0.318 e. The van der Waals surface area contributed by atoms with Crippen molar-refractivity contribution in [3.8, 4) is 17.7 Å². The number of pyridine rings is 1. The van der Waals surface area contributed by atoms with E-state index in [0.29, 0.717) is 23.1 Å². The van der Waals surface area contributed by atoms with Crippen LogP contribution in [0.3, 0.4) is 0 Å². The van der Waals surface area contributed by atoms with Crippen LogP contribution in [0.2, 0.25) is 0 Å². The minimum Gasteiger partial charge on any atom is -0.497 e. The number of rotatable bonds is 9. The van der Waals surface area contributed by atoms with Crippen molar-refractivity contribution >= 4 is 27.6 Å². The molecule has 1 aromatic heterocycles. The van der Waals surface area contributed by atoms with Gasteiger partial charge < -0.3 is 29.3 Å². The van der Waals surface area contributed by atoms with Crippen LogP contribution in [0.25, 0.3) is 0 Å². The molecule has 0 saturated carbocycles. The summed E-state index contributed by atoms with van der Waals surface area (Å²) < 4.78 is 45.4. The summed E-state index contributed by atoms with van der Waals surface area (Å²) in [5.41, 5.74) is -1.71. The van der Waals surface area contributed by atoms with Gasteiger partial charge in [0.15, 0.2) is 5.54 Å². The van der Waals surface area contributed by atoms with Gasteiger partial charge >= 0.3 is 6.03 Å². The Morgan fingerprint density at radius 1 is 0.980 bits per heavy atom. The number of methoxy groups -OCH3 is 2. The Morgan fingerprint density at radius 2 is 1.69 bits per heavy atom. The second-order valence-corrected chi connectivity index (χ2v) is 14.6. The average molecular weight is 688 g/mol. The minimum atomic E-state index is -4.52. The molecule has 3 amide bonds. The van der Waals surface area contributed by atoms with Crippen LogP contribution in [-0.2, 0) is 25.1 Å². The molecule has 0 radical (unpaired) electrons. The van der Waals surface area contributed by atoms with Crippen molar-refractivity contribution in [1.82, 2.24) is 25.0 Å². The first kappa shape index (κ1) is 32.8. The summed E-state index contributed by atoms with van der Waals surface area (Å²) in [6, 6.07) is 14.6. The number of hydrogen-bond acceptors (Lipinski definition) is 11. The fourth-order valence-electron chi connectivity index (χ4n) is 7.35. The Hall–Kier alpha value is -4.75. The molecule has 1 unspecified atom stereocenters. The summed E-state index contributed by atoms with van der Waals surface area (Å²) in [6.45, 7) is 8.02. The van der Waals surface area contributed by atoms with Gasteiger partial charge in [-0.05, 0) is 54.6 Å². The molecular formula is C34H37N7O7S. The zero-order chi connectivity index (χ0) is 34.4. The van der Waals surface area contributed by atoms with Crippen molar-refractivity contribution in [3.63, 3.8) is 0 Å². The molecule has 49 heavy (non-hydrogen) atoms. The molecule has 1 N–H and O–H groups in total. The molecule has 3 aromatic rings. The van der Waals surface area contributed by atoms with Crippen molar-refractivity contribution in [2.75, 3.05) is 84.1 Å². The molecule has 256 valence electrons. The van der Waals surface area contributed by atoms with Gasteiger partial charge in [0.25, 0.3) is 15.9 Å². The highest BCUT2D eigenvalue weighted by Gasteiger charge is 2.60. The molecule has 15 heteroatoms. The molecule has 4 aliphatic heterocycles. The standard InChI is InChI=1S/C34H37N7O7S/c1-46-25-6-8-26(9-7-25)49(44,45)41-29-10-5-24(19-35)18-28(29)34(31(41)42,27-4-3-11-36-30(27)47-2)37-32(43)40-22-33(23-40)20-39(21-33)13-12-38-14-16-48-17-15-38/h3-11,18H,12-17,20-23H2,1-2H3,(H,37,43). The average Bonchev–Trinajstić information content (AvgIpc) is 3.34. The van der Waals surface area contributed by atoms with Crippen molar-refractivity contribution in [1.29, 1.82) is 5.26 Å². The summed E-state index contributed by atoms with van der Waals surface area (Å²) in [5.74, 6) is -0.504. The van der Waals surface area contributed by atoms with E-state index in [9.17, 15) is 23.3 Å². The Kier molecular flexibility index (Phi) is 8.44. The van der Waals surface area contributed by atoms with E-state index in [1.807, 2.05) is 0 Å². The molecule has 2 aromatic carbocycles. The molecule has 3 fully saturated rings. The van der Waals surface area contributed by atoms with Crippen molar-refractivity contribution in [2.24, 2.45) is 5.41 Å². The topological polar surface area (TPSA) is 158 Å². The predicted molar refractivity (Wildman–Crippen MR) is 177 cm³/mol. The Labute approximate surface area is 284 Å². The van der Waals surface area contributed by atoms with Crippen LogP contribution < -0.4 is 19.1 Å². The monoisotopic (exact) mass is 687 g/mol. The second-order valence-electron chi connectivity index (χ2n) is 12.9. The number of carbonyl (C=O) groups excluding carboxylic acids is 2. The number of nitriles is 1. The molecule has 5 heterocycles. The van der Waals surface area contributed by atoms with Crippen LogP contribution in [0.1, 0.15) is 16.7 Å². The SMILES string of the molecule is COc1ccc(S(=O)(=O)N2C(=O)C(NC(=O)N3CC4(CN(CCN5CCOCC5)C4)C3)(c3cccnc3OC)c3cc(C#N)ccc32)cc1. The summed E-state index contributed by atoms with van der Waals surface area (Å²) in [7, 11) is -1.69. The number of aromatic nitrogens is 1. The first-order valence-electron chi connectivity index (χ1n) is 16.0. The summed E-state index contributed by atoms with van der Waals surface area (Å²) in [4.78, 5) is 39.6. The van der Waals surface area contributed by atoms with E-state index in [1.165, 1.54) is 62.9 Å². The van der Waals surface area contributed by atoms with Crippen LogP contribution in [0.4, 0.5) is 10.5 Å². The molecule has 0 aliphatic carbocycles. The number of fused-ring (bicyclic) bond motifs is 1. The van der Waals surface area contributed by atoms with Gasteiger partial charge in [0, 0.05) is 69.5 Å². The van der Waals surface area contributed by atoms with Crippen LogP contribution in [-0.4, -0.2) is 120 Å². The van der Waals surface area contributed by atoms with E-state index in [1.54, 1.807) is 17.0 Å². The number of urea groups is 1. The quantitative estimate of drug-likeness (QED) is 0.349. The number of morpholine rings is 1. The van der Waals surface area contributed by atoms with E-state index < -0.39 is 27.5 Å². The highest BCUT2D eigenvalue weighted by molar-refractivity contribution is 7.93. The summed E-state index contributed by atoms with van der Waals surface area (Å²) >= 11 is 0. The van der Waals surface area contributed by atoms with Crippen LogP contribution >= 0.6 is 0 Å². The number of amides is 3. The van der Waals surface area contributed by atoms with E-state index in [4.69, 9.17) is 14.2 Å². The van der Waals surface area contributed by atoms with Gasteiger partial charge in [0.1, 0.15) is 5.75 Å². The molecule has 3 saturated heterocycles. The number of nitrogens with zero attached hydrogens (tertiary/aromatic N) is 6. The lowest BCUT2D eigenvalue weighted by Crippen LogP contribution is -2.74. The van der Waals surface area contributed by atoms with E-state index in [-0.39, 0.29) is 38.6 Å². The molecule has 14 nitrogen and oxygen atoms in total. The van der Waals surface area contributed by atoms with Crippen molar-refractivity contribution in [2.45, 2.75) is 10.4 Å². The third-order valence-electron chi connectivity index (χ3n) is 9.81. The van der Waals surface area contributed by atoms with Gasteiger partial charge in [-0.1, -0.05) is 0 Å². The third-order valence-corrected chi connectivity index (χ3v) is 11.5. The lowest BCUT2D eigenvalue weighted by atomic mass is 9.73. The summed E-state index contributed by atoms with van der Waals surface area (Å²) in [6.07, 6.45) is 1.47. The first-order chi connectivity index (χ1) is 23.6. The number of sulfonamides is 1. The minimum absolute atomic E-state index is 0.000932. The van der Waals surface area contributed by atoms with Crippen molar-refractivity contribution in [3.05, 3.63) is 77.5 Å². The number of anilines is 1. The van der Waals surface area contributed by atoms with Gasteiger partial charge in [0.05, 0.1) is 55.2 Å². The number of hydrogen-bond donors (Lipinski definition) is 1. The predicted octanol–water partition coefficient (Wildman–Crippen LogP) is 1.61. The molecule has 1 spiro atoms. The van der Waals surface area contributed by atoms with Gasteiger partial charge in [-0.15, -0.1) is 0 Å². The highest BCUT2D eigenvalue weighted by Crippen LogP contribution is 2.50. The highest BCUT2D eigenvalue weighted by atomic mass is 32.2. The fraction of sp³-hybridized carbons (Fsp3) is 0.412. The largest absolute Gasteiger partial charge is 0.497 e. The van der Waals surface area contributed by atoms with Gasteiger partial charge in [-0.3, -0.25) is 9.69 Å². The van der Waals surface area contributed by atoms with Crippen molar-refractivity contribution < 1.29 is 32.2 Å². The van der Waals surface area contributed by atoms with Gasteiger partial charge in [-0.2, -0.15) is 9.57 Å². The number of likely N-dealkylation sites (tertiary alicyclic amines) is 2. The lowest BCUT2D eigenvalue weighted by molar-refractivity contribution is -0.122. The fourth-order valence-corrected chi connectivity index (χ4v) is 8.82. The Balaban J connectivity index is 1.20. The van der Waals surface area contributed by atoms with Crippen LogP contribution in [0, 0.1) is 16.7 Å². The van der Waals surface area contributed by atoms with E-state index >= 15 is 0 Å². The molecule has 4 aliphatic rings. The molecule has 1 atom stereocenters. The lowest BCUT2D eigenvalue weighted by Gasteiger charge is -2.60. The second kappa shape index (κ2) is 12.6. The number of carbonyl (C=O) groups is 2. The third kappa shape index (κ3) is 5.54. The van der Waals surface area contributed by atoms with Gasteiger partial charge in [-0.25, -0.2) is 18.2 Å². The van der Waals surface area contributed by atoms with Gasteiger partial charge in [0.2, 0.25) is 5.88 Å². The van der Waals surface area contributed by atoms with Crippen LogP contribution in [0.15, 0.2) is 65.7 Å². The number of ether oxygens (including phenoxy) is 3. The summed E-state index contributed by atoms with van der Waals surface area (Å²) in [5, 5.41) is 12.8. The van der Waals surface area contributed by atoms with E-state index in [2.05, 4.69) is 26.2 Å². The first-order valence-corrected chi connectivity index (χ1v) is 17.5. The zero-order valence-corrected chi connectivity index (χ0v) is 28.1. The zero-order valence-electron chi connectivity index (χ0n) is 27.3. The van der Waals surface area contributed by atoms with Crippen LogP contribution in [0.5, 0.6) is 11.6 Å². The molecule has 7 rings (SSSR count). The smallest absolute Gasteiger partial charge is 0.318 e.